The molecule has 1 fully saturated rings. The van der Waals surface area contributed by atoms with E-state index in [1.54, 1.807) is 30.6 Å². The van der Waals surface area contributed by atoms with Crippen molar-refractivity contribution in [2.75, 3.05) is 24.1 Å². The average molecular weight is 619 g/mol. The molecule has 6 aromatic rings. The van der Waals surface area contributed by atoms with Crippen molar-refractivity contribution in [1.29, 1.82) is 5.26 Å². The molecule has 12 nitrogen and oxygen atoms in total. The van der Waals surface area contributed by atoms with E-state index in [0.29, 0.717) is 50.1 Å². The Bertz CT molecular complexity index is 2040. The number of nitrogens with two attached hydrogens (primary N) is 1. The number of hydrogen-bond donors (Lipinski definition) is 2. The third-order valence-electron chi connectivity index (χ3n) is 7.98. The van der Waals surface area contributed by atoms with Gasteiger partial charge in [0.25, 0.3) is 0 Å². The van der Waals surface area contributed by atoms with Gasteiger partial charge in [0.2, 0.25) is 5.82 Å². The summed E-state index contributed by atoms with van der Waals surface area (Å²) in [7, 11) is 0. The lowest BCUT2D eigenvalue weighted by Crippen LogP contribution is -2.38. The molecule has 14 heteroatoms. The maximum atomic E-state index is 13.2. The lowest BCUT2D eigenvalue weighted by molar-refractivity contribution is 0.0566. The molecule has 0 radical (unpaired) electrons. The number of anilines is 2. The molecule has 6 heterocycles. The molecule has 5 aromatic heterocycles. The molecule has 0 amide bonds. The van der Waals surface area contributed by atoms with E-state index in [-0.39, 0.29) is 11.9 Å². The smallest absolute Gasteiger partial charge is 0.333 e. The van der Waals surface area contributed by atoms with Gasteiger partial charge in [-0.1, -0.05) is 12.1 Å². The van der Waals surface area contributed by atoms with Crippen LogP contribution in [0.25, 0.3) is 39.5 Å². The van der Waals surface area contributed by atoms with E-state index < -0.39 is 6.55 Å². The zero-order valence-electron chi connectivity index (χ0n) is 24.5. The summed E-state index contributed by atoms with van der Waals surface area (Å²) >= 11 is 0. The number of pyridine rings is 2. The van der Waals surface area contributed by atoms with Gasteiger partial charge in [0, 0.05) is 55.5 Å². The molecule has 0 unspecified atom stereocenters. The van der Waals surface area contributed by atoms with E-state index >= 15 is 0 Å². The summed E-state index contributed by atoms with van der Waals surface area (Å²) in [5, 5.41) is 16.2. The number of piperidine rings is 1. The first-order valence-corrected chi connectivity index (χ1v) is 14.7. The maximum absolute atomic E-state index is 13.2. The van der Waals surface area contributed by atoms with E-state index in [1.165, 1.54) is 12.4 Å². The molecule has 0 saturated carbocycles. The van der Waals surface area contributed by atoms with Crippen LogP contribution in [0.4, 0.5) is 20.4 Å². The lowest BCUT2D eigenvalue weighted by Gasteiger charge is -2.32. The van der Waals surface area contributed by atoms with Crippen LogP contribution in [0.3, 0.4) is 0 Å². The van der Waals surface area contributed by atoms with Crippen LogP contribution in [0.2, 0.25) is 0 Å². The standard InChI is InChI=1S/C32H28F2N12/c33-32(34)45-19-21(17-39-45)25-7-8-26-31(41-25)46(30(42-26)24-2-1-12-38-29(24)36)23-5-3-20(4-6-23)18-44-14-10-22(11-15-44)40-27-9-13-37-28(16-35)43-27/h1-9,12-13,17,19,22,32H,10-11,14-15,18H2,(H2,36,38)(H,37,40,43). The number of alkyl halides is 2. The largest absolute Gasteiger partial charge is 0.383 e. The Hall–Kier alpha value is -5.81. The van der Waals surface area contributed by atoms with Gasteiger partial charge in [-0.3, -0.25) is 9.47 Å². The number of rotatable bonds is 8. The molecule has 1 saturated heterocycles. The Morgan fingerprint density at radius 1 is 0.978 bits per heavy atom. The fourth-order valence-electron chi connectivity index (χ4n) is 5.67. The van der Waals surface area contributed by atoms with Crippen molar-refractivity contribution in [1.82, 2.24) is 44.2 Å². The number of nitrogens with one attached hydrogen (secondary N) is 1. The minimum Gasteiger partial charge on any atom is -0.383 e. The van der Waals surface area contributed by atoms with Crippen molar-refractivity contribution in [2.24, 2.45) is 0 Å². The van der Waals surface area contributed by atoms with Crippen molar-refractivity contribution >= 4 is 22.8 Å². The van der Waals surface area contributed by atoms with Crippen LogP contribution in [0.15, 0.2) is 79.4 Å². The van der Waals surface area contributed by atoms with Gasteiger partial charge in [0.05, 0.1) is 17.5 Å². The van der Waals surface area contributed by atoms with E-state index in [2.05, 4.69) is 42.4 Å². The number of halogens is 2. The second-order valence-corrected chi connectivity index (χ2v) is 11.0. The minimum absolute atomic E-state index is 0.156. The molecular weight excluding hydrogens is 590 g/mol. The van der Waals surface area contributed by atoms with Crippen LogP contribution < -0.4 is 11.1 Å². The minimum atomic E-state index is -2.74. The van der Waals surface area contributed by atoms with Gasteiger partial charge in [-0.2, -0.15) is 19.1 Å². The zero-order chi connectivity index (χ0) is 31.6. The second-order valence-electron chi connectivity index (χ2n) is 11.0. The first kappa shape index (κ1) is 28.9. The Labute approximate surface area is 262 Å². The Morgan fingerprint density at radius 3 is 2.54 bits per heavy atom. The number of nitrogens with zero attached hydrogens (tertiary/aromatic N) is 10. The molecule has 230 valence electrons. The van der Waals surface area contributed by atoms with Crippen LogP contribution in [-0.4, -0.2) is 63.3 Å². The Balaban J connectivity index is 1.13. The summed E-state index contributed by atoms with van der Waals surface area (Å²) < 4.78 is 28.9. The predicted octanol–water partition coefficient (Wildman–Crippen LogP) is 5.06. The summed E-state index contributed by atoms with van der Waals surface area (Å²) in [5.74, 6) is 1.73. The Kier molecular flexibility index (Phi) is 7.73. The molecule has 46 heavy (non-hydrogen) atoms. The topological polar surface area (TPSA) is 152 Å². The van der Waals surface area contributed by atoms with Crippen LogP contribution in [0, 0.1) is 11.3 Å². The fourth-order valence-corrected chi connectivity index (χ4v) is 5.67. The third kappa shape index (κ3) is 5.83. The van der Waals surface area contributed by atoms with Crippen molar-refractivity contribution < 1.29 is 8.78 Å². The number of likely N-dealkylation sites (tertiary alicyclic amines) is 1. The van der Waals surface area contributed by atoms with Crippen LogP contribution in [-0.2, 0) is 6.54 Å². The number of benzene rings is 1. The van der Waals surface area contributed by atoms with Gasteiger partial charge in [0.15, 0.2) is 11.5 Å². The zero-order valence-corrected chi connectivity index (χ0v) is 24.5. The second kappa shape index (κ2) is 12.3. The first-order valence-electron chi connectivity index (χ1n) is 14.7. The predicted molar refractivity (Wildman–Crippen MR) is 168 cm³/mol. The molecular formula is C32H28F2N12. The lowest BCUT2D eigenvalue weighted by atomic mass is 10.0. The molecule has 0 aliphatic carbocycles. The summed E-state index contributed by atoms with van der Waals surface area (Å²) in [6.45, 7) is -0.113. The van der Waals surface area contributed by atoms with Gasteiger partial charge in [0.1, 0.15) is 23.2 Å². The highest BCUT2D eigenvalue weighted by atomic mass is 19.3. The van der Waals surface area contributed by atoms with Crippen molar-refractivity contribution in [2.45, 2.75) is 32.0 Å². The highest BCUT2D eigenvalue weighted by Crippen LogP contribution is 2.32. The molecule has 1 aliphatic rings. The molecule has 3 N–H and O–H groups in total. The summed E-state index contributed by atoms with van der Waals surface area (Å²) in [6.07, 6.45) is 7.75. The average Bonchev–Trinajstić information content (AvgIpc) is 3.72. The van der Waals surface area contributed by atoms with Gasteiger partial charge in [-0.05, 0) is 60.9 Å². The quantitative estimate of drug-likeness (QED) is 0.237. The number of aromatic nitrogens is 8. The fraction of sp³-hybridized carbons (Fsp3) is 0.219. The van der Waals surface area contributed by atoms with Crippen LogP contribution in [0.1, 0.15) is 30.8 Å². The molecule has 0 spiro atoms. The van der Waals surface area contributed by atoms with E-state index in [0.717, 1.165) is 43.7 Å². The van der Waals surface area contributed by atoms with Crippen LogP contribution >= 0.6 is 0 Å². The van der Waals surface area contributed by atoms with Crippen LogP contribution in [0.5, 0.6) is 0 Å². The van der Waals surface area contributed by atoms with Gasteiger partial charge in [-0.25, -0.2) is 29.6 Å². The van der Waals surface area contributed by atoms with Crippen molar-refractivity contribution in [3.63, 3.8) is 0 Å². The molecule has 1 aromatic carbocycles. The SMILES string of the molecule is N#Cc1nccc(NC2CCN(Cc3ccc(-n4c(-c5cccnc5N)nc5ccc(-c6cnn(C(F)F)c6)nc54)cc3)CC2)n1. The summed E-state index contributed by atoms with van der Waals surface area (Å²) in [4.78, 5) is 24.5. The molecule has 0 atom stereocenters. The normalized spacial score (nSPS) is 14.1. The monoisotopic (exact) mass is 618 g/mol. The highest BCUT2D eigenvalue weighted by Gasteiger charge is 2.22. The number of nitrogen functional groups attached to an aromatic ring is 1. The number of nitriles is 1. The third-order valence-corrected chi connectivity index (χ3v) is 7.98. The highest BCUT2D eigenvalue weighted by molar-refractivity contribution is 5.84. The molecule has 7 rings (SSSR count). The van der Waals surface area contributed by atoms with Crippen molar-refractivity contribution in [3.8, 4) is 34.4 Å². The Morgan fingerprint density at radius 2 is 1.80 bits per heavy atom. The first-order chi connectivity index (χ1) is 22.4. The van der Waals surface area contributed by atoms with Gasteiger partial charge >= 0.3 is 6.55 Å². The number of hydrogen-bond acceptors (Lipinski definition) is 10. The van der Waals surface area contributed by atoms with Crippen molar-refractivity contribution in [3.05, 3.63) is 90.8 Å². The number of fused-ring (bicyclic) bond motifs is 1. The number of imidazole rings is 1. The maximum Gasteiger partial charge on any atom is 0.333 e. The van der Waals surface area contributed by atoms with Gasteiger partial charge in [-0.15, -0.1) is 0 Å². The van der Waals surface area contributed by atoms with E-state index in [9.17, 15) is 8.78 Å². The molecule has 0 bridgehead atoms. The van der Waals surface area contributed by atoms with E-state index in [1.807, 2.05) is 34.9 Å². The molecule has 1 aliphatic heterocycles. The summed E-state index contributed by atoms with van der Waals surface area (Å²) in [5.41, 5.74) is 11.0. The summed E-state index contributed by atoms with van der Waals surface area (Å²) in [6, 6.07) is 19.4. The van der Waals surface area contributed by atoms with Gasteiger partial charge < -0.3 is 11.1 Å². The van der Waals surface area contributed by atoms with E-state index in [4.69, 9.17) is 21.0 Å².